The number of hydrogen-bond donors (Lipinski definition) is 2. The summed E-state index contributed by atoms with van der Waals surface area (Å²) < 4.78 is 0. The van der Waals surface area contributed by atoms with E-state index < -0.39 is 6.16 Å². The molecule has 0 aliphatic carbocycles. The summed E-state index contributed by atoms with van der Waals surface area (Å²) in [6.07, 6.45) is -1.83. The van der Waals surface area contributed by atoms with E-state index in [4.69, 9.17) is 15.0 Å². The zero-order chi connectivity index (χ0) is 3.58. The molecule has 0 aromatic rings. The quantitative estimate of drug-likeness (QED) is 0.492. The molecule has 0 unspecified atom stereocenters. The van der Waals surface area contributed by atoms with E-state index in [1.807, 2.05) is 0 Å². The van der Waals surface area contributed by atoms with Gasteiger partial charge in [-0.3, -0.25) is 0 Å². The number of hydrogen-bond acceptors (Lipinski definition) is 1. The standard InChI is InChI=1S/CH2O3.Au.ClH.K.H/c2-1(3)4;;;;/h(H2,2,3,4);;1H;;/q;;;+1;-1. The SMILES string of the molecule is Cl.O=C(O)O.[Au].[H-].[K+]. The van der Waals surface area contributed by atoms with Crippen molar-refractivity contribution in [3.05, 3.63) is 0 Å². The summed E-state index contributed by atoms with van der Waals surface area (Å²) in [6, 6.07) is 0. The molecule has 45 valence electrons. The molecule has 0 aromatic heterocycles. The Bertz CT molecular complexity index is 42.3. The van der Waals surface area contributed by atoms with E-state index in [-0.39, 0.29) is 87.6 Å². The fourth-order valence-corrected chi connectivity index (χ4v) is 0. The zero-order valence-electron chi connectivity index (χ0n) is 4.51. The van der Waals surface area contributed by atoms with E-state index in [0.29, 0.717) is 0 Å². The molecule has 0 aliphatic heterocycles. The van der Waals surface area contributed by atoms with Crippen LogP contribution in [0.4, 0.5) is 4.79 Å². The van der Waals surface area contributed by atoms with Gasteiger partial charge in [0.1, 0.15) is 0 Å². The Kier molecular flexibility index (Phi) is 51.7. The van der Waals surface area contributed by atoms with Gasteiger partial charge in [0.05, 0.1) is 0 Å². The third-order valence-electron chi connectivity index (χ3n) is 0. The van der Waals surface area contributed by atoms with Crippen molar-refractivity contribution < 1.29 is 90.2 Å². The van der Waals surface area contributed by atoms with Crippen LogP contribution in [0.5, 0.6) is 0 Å². The summed E-state index contributed by atoms with van der Waals surface area (Å²) in [5.41, 5.74) is 0. The molecule has 0 aliphatic rings. The van der Waals surface area contributed by atoms with Crippen LogP contribution in [0.2, 0.25) is 0 Å². The minimum absolute atomic E-state index is 0. The van der Waals surface area contributed by atoms with Crippen LogP contribution in [0.3, 0.4) is 0 Å². The van der Waals surface area contributed by atoms with Gasteiger partial charge in [-0.25, -0.2) is 4.79 Å². The smallest absolute Gasteiger partial charge is 1.00 e. The molecule has 0 bridgehead atoms. The Labute approximate surface area is 107 Å². The second-order valence-corrected chi connectivity index (χ2v) is 0.283. The van der Waals surface area contributed by atoms with E-state index in [1.54, 1.807) is 0 Å². The molecule has 1 radical (unpaired) electrons. The Morgan fingerprint density at radius 1 is 1.43 bits per heavy atom. The second kappa shape index (κ2) is 15.7. The van der Waals surface area contributed by atoms with Crippen molar-refractivity contribution in [1.29, 1.82) is 0 Å². The van der Waals surface area contributed by atoms with E-state index in [0.717, 1.165) is 0 Å². The largest absolute Gasteiger partial charge is 1.00 e. The number of carbonyl (C=O) groups is 1. The van der Waals surface area contributed by atoms with Crippen LogP contribution < -0.4 is 51.4 Å². The minimum Gasteiger partial charge on any atom is -1.00 e. The second-order valence-electron chi connectivity index (χ2n) is 0.283. The van der Waals surface area contributed by atoms with E-state index in [2.05, 4.69) is 0 Å². The van der Waals surface area contributed by atoms with Crippen molar-refractivity contribution in [1.82, 2.24) is 0 Å². The molecule has 0 atom stereocenters. The predicted octanol–water partition coefficient (Wildman–Crippen LogP) is -2.24. The summed E-state index contributed by atoms with van der Waals surface area (Å²) in [5.74, 6) is 0. The van der Waals surface area contributed by atoms with Crippen LogP contribution in [0.15, 0.2) is 0 Å². The predicted molar refractivity (Wildman–Crippen MR) is 19.0 cm³/mol. The molecule has 0 saturated carbocycles. The minimum atomic E-state index is -1.83. The average Bonchev–Trinajstić information content (AvgIpc) is 0.811. The topological polar surface area (TPSA) is 57.5 Å². The fourth-order valence-electron chi connectivity index (χ4n) is 0. The molecule has 7 heavy (non-hydrogen) atoms. The molecule has 0 aromatic carbocycles. The van der Waals surface area contributed by atoms with Gasteiger partial charge < -0.3 is 11.6 Å². The van der Waals surface area contributed by atoms with Crippen molar-refractivity contribution in [3.63, 3.8) is 0 Å². The summed E-state index contributed by atoms with van der Waals surface area (Å²) in [4.78, 5) is 8.56. The molecule has 6 heteroatoms. The van der Waals surface area contributed by atoms with Gasteiger partial charge in [0, 0.05) is 22.4 Å². The van der Waals surface area contributed by atoms with Crippen molar-refractivity contribution in [2.24, 2.45) is 0 Å². The van der Waals surface area contributed by atoms with Crippen LogP contribution >= 0.6 is 12.4 Å². The first kappa shape index (κ1) is 23.1. The van der Waals surface area contributed by atoms with Crippen LogP contribution in [0, 0.1) is 0 Å². The third kappa shape index (κ3) is 74.6. The molecule has 2 N–H and O–H groups in total. The van der Waals surface area contributed by atoms with Gasteiger partial charge in [0.2, 0.25) is 0 Å². The van der Waals surface area contributed by atoms with Crippen molar-refractivity contribution >= 4 is 18.6 Å². The van der Waals surface area contributed by atoms with Crippen LogP contribution in [-0.2, 0) is 22.4 Å². The van der Waals surface area contributed by atoms with E-state index in [9.17, 15) is 0 Å². The van der Waals surface area contributed by atoms with Crippen LogP contribution in [0.25, 0.3) is 0 Å². The normalized spacial score (nSPS) is 3.43. The molecule has 0 spiro atoms. The molecular formula is CH4AuClKO3. The summed E-state index contributed by atoms with van der Waals surface area (Å²) >= 11 is 0. The van der Waals surface area contributed by atoms with Crippen LogP contribution in [0.1, 0.15) is 1.43 Å². The zero-order valence-corrected chi connectivity index (χ0v) is 9.62. The Balaban J connectivity index is -0.00000000750. The third-order valence-corrected chi connectivity index (χ3v) is 0. The molecule has 0 rings (SSSR count). The summed E-state index contributed by atoms with van der Waals surface area (Å²) in [7, 11) is 0. The maximum absolute atomic E-state index is 8.56. The molecule has 0 saturated heterocycles. The number of carboxylic acid groups (broad SMARTS) is 2. The first-order chi connectivity index (χ1) is 1.73. The summed E-state index contributed by atoms with van der Waals surface area (Å²) in [5, 5.41) is 13.9. The first-order valence-electron chi connectivity index (χ1n) is 0.651. The molecular weight excluding hydrogens is 332 g/mol. The Hall–Kier alpha value is 1.94. The Morgan fingerprint density at radius 3 is 1.43 bits per heavy atom. The van der Waals surface area contributed by atoms with Gasteiger partial charge in [-0.05, 0) is 0 Å². The van der Waals surface area contributed by atoms with Gasteiger partial charge >= 0.3 is 57.5 Å². The van der Waals surface area contributed by atoms with Gasteiger partial charge in [0.15, 0.2) is 0 Å². The van der Waals surface area contributed by atoms with E-state index >= 15 is 0 Å². The average molecular weight is 336 g/mol. The summed E-state index contributed by atoms with van der Waals surface area (Å²) in [6.45, 7) is 0. The molecule has 0 heterocycles. The molecule has 3 nitrogen and oxygen atoms in total. The molecule has 0 amide bonds. The van der Waals surface area contributed by atoms with Crippen molar-refractivity contribution in [2.45, 2.75) is 0 Å². The molecule has 0 fully saturated rings. The first-order valence-corrected chi connectivity index (χ1v) is 0.651. The monoisotopic (exact) mass is 335 g/mol. The van der Waals surface area contributed by atoms with Gasteiger partial charge in [0.25, 0.3) is 0 Å². The maximum atomic E-state index is 8.56. The van der Waals surface area contributed by atoms with Gasteiger partial charge in [-0.1, -0.05) is 0 Å². The number of halogens is 1. The fraction of sp³-hybridized carbons (Fsp3) is 0. The van der Waals surface area contributed by atoms with Crippen molar-refractivity contribution in [2.75, 3.05) is 0 Å². The maximum Gasteiger partial charge on any atom is 1.00 e. The Morgan fingerprint density at radius 2 is 1.43 bits per heavy atom. The van der Waals surface area contributed by atoms with Gasteiger partial charge in [-0.2, -0.15) is 0 Å². The van der Waals surface area contributed by atoms with E-state index in [1.165, 1.54) is 0 Å². The number of rotatable bonds is 0. The van der Waals surface area contributed by atoms with Gasteiger partial charge in [-0.15, -0.1) is 12.4 Å². The van der Waals surface area contributed by atoms with Crippen molar-refractivity contribution in [3.8, 4) is 0 Å². The van der Waals surface area contributed by atoms with Crippen LogP contribution in [-0.4, -0.2) is 16.4 Å².